The minimum absolute atomic E-state index is 0.0199. The number of hydrogen-bond acceptors (Lipinski definition) is 3. The molecule has 1 heterocycles. The van der Waals surface area contributed by atoms with Gasteiger partial charge in [-0.1, -0.05) is 33.6 Å². The van der Waals surface area contributed by atoms with Gasteiger partial charge in [0.05, 0.1) is 11.3 Å². The first-order valence-corrected chi connectivity index (χ1v) is 7.72. The molecule has 2 aliphatic rings. The van der Waals surface area contributed by atoms with Gasteiger partial charge < -0.3 is 5.11 Å². The highest BCUT2D eigenvalue weighted by atomic mass is 16.4. The monoisotopic (exact) mass is 295 g/mol. The fourth-order valence-electron chi connectivity index (χ4n) is 3.68. The van der Waals surface area contributed by atoms with Crippen molar-refractivity contribution in [3.63, 3.8) is 0 Å². The van der Waals surface area contributed by atoms with Crippen molar-refractivity contribution in [2.75, 3.05) is 6.54 Å². The third kappa shape index (κ3) is 3.27. The van der Waals surface area contributed by atoms with Crippen molar-refractivity contribution in [1.29, 1.82) is 0 Å². The molecule has 118 valence electrons. The standard InChI is InChI=1S/C16H25NO4/c1-15(2,3)8-11(13(19)20)10-17-12(18)9-16(14(17)21)6-4-5-7-16/h11H,4-10H2,1-3H3,(H,19,20). The first kappa shape index (κ1) is 16.0. The predicted molar refractivity (Wildman–Crippen MR) is 77.4 cm³/mol. The molecule has 1 atom stereocenters. The molecule has 0 bridgehead atoms. The maximum atomic E-state index is 12.6. The van der Waals surface area contributed by atoms with Crippen LogP contribution in [0.15, 0.2) is 0 Å². The zero-order chi connectivity index (χ0) is 15.8. The first-order valence-electron chi connectivity index (χ1n) is 7.72. The largest absolute Gasteiger partial charge is 0.481 e. The number of amides is 2. The van der Waals surface area contributed by atoms with Gasteiger partial charge in [-0.2, -0.15) is 0 Å². The molecule has 2 rings (SSSR count). The van der Waals surface area contributed by atoms with E-state index in [0.717, 1.165) is 25.7 Å². The van der Waals surface area contributed by atoms with Gasteiger partial charge in [-0.15, -0.1) is 0 Å². The van der Waals surface area contributed by atoms with Crippen LogP contribution >= 0.6 is 0 Å². The molecule has 21 heavy (non-hydrogen) atoms. The van der Waals surface area contributed by atoms with Crippen LogP contribution in [0.5, 0.6) is 0 Å². The van der Waals surface area contributed by atoms with E-state index in [1.165, 1.54) is 4.90 Å². The van der Waals surface area contributed by atoms with Gasteiger partial charge >= 0.3 is 5.97 Å². The summed E-state index contributed by atoms with van der Waals surface area (Å²) in [5.41, 5.74) is -0.665. The minimum Gasteiger partial charge on any atom is -0.481 e. The second kappa shape index (κ2) is 5.43. The molecule has 0 aromatic heterocycles. The van der Waals surface area contributed by atoms with Crippen molar-refractivity contribution < 1.29 is 19.5 Å². The molecule has 0 radical (unpaired) electrons. The summed E-state index contributed by atoms with van der Waals surface area (Å²) >= 11 is 0. The topological polar surface area (TPSA) is 74.7 Å². The summed E-state index contributed by atoms with van der Waals surface area (Å²) in [6.07, 6.45) is 4.23. The first-order chi connectivity index (χ1) is 9.65. The Balaban J connectivity index is 2.12. The van der Waals surface area contributed by atoms with E-state index in [1.807, 2.05) is 20.8 Å². The van der Waals surface area contributed by atoms with Gasteiger partial charge in [-0.25, -0.2) is 0 Å². The van der Waals surface area contributed by atoms with Crippen LogP contribution in [-0.2, 0) is 14.4 Å². The van der Waals surface area contributed by atoms with Crippen LogP contribution < -0.4 is 0 Å². The third-order valence-electron chi connectivity index (χ3n) is 4.66. The molecule has 1 saturated heterocycles. The van der Waals surface area contributed by atoms with Crippen molar-refractivity contribution in [2.24, 2.45) is 16.7 Å². The highest BCUT2D eigenvalue weighted by molar-refractivity contribution is 6.06. The number of nitrogens with zero attached hydrogens (tertiary/aromatic N) is 1. The summed E-state index contributed by atoms with van der Waals surface area (Å²) in [6, 6.07) is 0. The van der Waals surface area contributed by atoms with Crippen molar-refractivity contribution in [3.05, 3.63) is 0 Å². The van der Waals surface area contributed by atoms with Gasteiger partial charge in [0.25, 0.3) is 0 Å². The Bertz CT molecular complexity index is 457. The number of carbonyl (C=O) groups is 3. The molecule has 0 aromatic carbocycles. The van der Waals surface area contributed by atoms with Crippen molar-refractivity contribution >= 4 is 17.8 Å². The van der Waals surface area contributed by atoms with E-state index in [0.29, 0.717) is 6.42 Å². The van der Waals surface area contributed by atoms with Crippen molar-refractivity contribution in [2.45, 2.75) is 59.3 Å². The van der Waals surface area contributed by atoms with Gasteiger partial charge in [0.15, 0.2) is 0 Å². The smallest absolute Gasteiger partial charge is 0.308 e. The molecule has 1 N–H and O–H groups in total. The number of carboxylic acids is 1. The van der Waals surface area contributed by atoms with Crippen LogP contribution in [0.3, 0.4) is 0 Å². The molecule has 0 aromatic rings. The molecule has 1 aliphatic carbocycles. The van der Waals surface area contributed by atoms with Gasteiger partial charge in [0.1, 0.15) is 0 Å². The van der Waals surface area contributed by atoms with E-state index in [-0.39, 0.29) is 30.2 Å². The summed E-state index contributed by atoms with van der Waals surface area (Å²) in [5, 5.41) is 9.38. The highest BCUT2D eigenvalue weighted by Crippen LogP contribution is 2.47. The fourth-order valence-corrected chi connectivity index (χ4v) is 3.68. The SMILES string of the molecule is CC(C)(C)CC(CN1C(=O)CC2(CCCC2)C1=O)C(=O)O. The zero-order valence-corrected chi connectivity index (χ0v) is 13.1. The maximum absolute atomic E-state index is 12.6. The average molecular weight is 295 g/mol. The fraction of sp³-hybridized carbons (Fsp3) is 0.812. The Labute approximate surface area is 125 Å². The van der Waals surface area contributed by atoms with Crippen LogP contribution in [-0.4, -0.2) is 34.3 Å². The Hall–Kier alpha value is -1.39. The number of imide groups is 1. The molecule has 5 heteroatoms. The van der Waals surface area contributed by atoms with Crippen LogP contribution in [0.25, 0.3) is 0 Å². The van der Waals surface area contributed by atoms with E-state index in [4.69, 9.17) is 0 Å². The van der Waals surface area contributed by atoms with Crippen LogP contribution in [0.2, 0.25) is 0 Å². The number of carboxylic acid groups (broad SMARTS) is 1. The van der Waals surface area contributed by atoms with E-state index in [2.05, 4.69) is 0 Å². The normalized spacial score (nSPS) is 23.1. The molecule has 1 spiro atoms. The van der Waals surface area contributed by atoms with Gasteiger partial charge in [0, 0.05) is 13.0 Å². The Kier molecular flexibility index (Phi) is 4.13. The van der Waals surface area contributed by atoms with E-state index in [9.17, 15) is 19.5 Å². The highest BCUT2D eigenvalue weighted by Gasteiger charge is 2.53. The van der Waals surface area contributed by atoms with Gasteiger partial charge in [0.2, 0.25) is 11.8 Å². The van der Waals surface area contributed by atoms with Crippen molar-refractivity contribution in [3.8, 4) is 0 Å². The molecular weight excluding hydrogens is 270 g/mol. The Morgan fingerprint density at radius 3 is 2.33 bits per heavy atom. The molecule has 5 nitrogen and oxygen atoms in total. The minimum atomic E-state index is -0.933. The van der Waals surface area contributed by atoms with Crippen LogP contribution in [0, 0.1) is 16.7 Å². The number of rotatable bonds is 4. The molecule has 1 unspecified atom stereocenters. The van der Waals surface area contributed by atoms with Crippen LogP contribution in [0.4, 0.5) is 0 Å². The molecular formula is C16H25NO4. The lowest BCUT2D eigenvalue weighted by molar-refractivity contribution is -0.147. The average Bonchev–Trinajstić information content (AvgIpc) is 2.88. The number of carbonyl (C=O) groups excluding carboxylic acids is 2. The van der Waals surface area contributed by atoms with Crippen LogP contribution in [0.1, 0.15) is 59.3 Å². The second-order valence-corrected chi connectivity index (χ2v) is 7.77. The van der Waals surface area contributed by atoms with E-state index in [1.54, 1.807) is 0 Å². The lowest BCUT2D eigenvalue weighted by Crippen LogP contribution is -2.40. The van der Waals surface area contributed by atoms with Gasteiger partial charge in [-0.3, -0.25) is 19.3 Å². The molecule has 1 aliphatic heterocycles. The molecule has 2 amide bonds. The summed E-state index contributed by atoms with van der Waals surface area (Å²) in [4.78, 5) is 37.4. The lowest BCUT2D eigenvalue weighted by Gasteiger charge is -2.27. The summed E-state index contributed by atoms with van der Waals surface area (Å²) < 4.78 is 0. The maximum Gasteiger partial charge on any atom is 0.308 e. The van der Waals surface area contributed by atoms with Crippen molar-refractivity contribution in [1.82, 2.24) is 4.90 Å². The molecule has 1 saturated carbocycles. The number of aliphatic carboxylic acids is 1. The zero-order valence-electron chi connectivity index (χ0n) is 13.1. The summed E-state index contributed by atoms with van der Waals surface area (Å²) in [6.45, 7) is 5.92. The predicted octanol–water partition coefficient (Wildman–Crippen LogP) is 2.44. The van der Waals surface area contributed by atoms with Gasteiger partial charge in [-0.05, 0) is 24.7 Å². The lowest BCUT2D eigenvalue weighted by atomic mass is 9.83. The molecule has 2 fully saturated rings. The van der Waals surface area contributed by atoms with E-state index >= 15 is 0 Å². The third-order valence-corrected chi connectivity index (χ3v) is 4.66. The Morgan fingerprint density at radius 2 is 1.86 bits per heavy atom. The second-order valence-electron chi connectivity index (χ2n) is 7.77. The summed E-state index contributed by atoms with van der Waals surface area (Å²) in [7, 11) is 0. The quantitative estimate of drug-likeness (QED) is 0.808. The Morgan fingerprint density at radius 1 is 1.29 bits per heavy atom. The van der Waals surface area contributed by atoms with E-state index < -0.39 is 17.3 Å². The summed E-state index contributed by atoms with van der Waals surface area (Å²) in [5.74, 6) is -1.94. The number of hydrogen-bond donors (Lipinski definition) is 1. The number of likely N-dealkylation sites (tertiary alicyclic amines) is 1.